The smallest absolute Gasteiger partial charge is 0.414 e. The maximum absolute atomic E-state index is 9.10. The van der Waals surface area contributed by atoms with E-state index in [0.29, 0.717) is 6.54 Å². The summed E-state index contributed by atoms with van der Waals surface area (Å²) < 4.78 is 0. The number of benzene rings is 1. The van der Waals surface area contributed by atoms with Crippen LogP contribution in [0.3, 0.4) is 0 Å². The van der Waals surface area contributed by atoms with Crippen molar-refractivity contribution >= 4 is 22.8 Å². The summed E-state index contributed by atoms with van der Waals surface area (Å²) in [5.74, 6) is -3.65. The molecule has 0 aliphatic heterocycles. The highest BCUT2D eigenvalue weighted by Gasteiger charge is 2.04. The number of nitrogens with two attached hydrogens (primary N) is 1. The van der Waals surface area contributed by atoms with Crippen LogP contribution in [-0.4, -0.2) is 27.1 Å². The van der Waals surface area contributed by atoms with Crippen molar-refractivity contribution < 1.29 is 19.8 Å². The minimum Gasteiger partial charge on any atom is -0.473 e. The van der Waals surface area contributed by atoms with Crippen LogP contribution in [0.25, 0.3) is 10.9 Å². The van der Waals surface area contributed by atoms with Crippen molar-refractivity contribution in [2.24, 2.45) is 5.73 Å². The van der Waals surface area contributed by atoms with E-state index in [1.54, 1.807) is 0 Å². The molecule has 17 heavy (non-hydrogen) atoms. The summed E-state index contributed by atoms with van der Waals surface area (Å²) in [6.07, 6.45) is 1.93. The summed E-state index contributed by atoms with van der Waals surface area (Å²) in [5, 5.41) is 16.0. The van der Waals surface area contributed by atoms with Crippen LogP contribution in [0.15, 0.2) is 30.5 Å². The molecule has 6 heteroatoms. The molecule has 0 fully saturated rings. The van der Waals surface area contributed by atoms with E-state index in [9.17, 15) is 0 Å². The summed E-state index contributed by atoms with van der Waals surface area (Å²) in [6, 6.07) is 8.19. The van der Waals surface area contributed by atoms with E-state index in [1.807, 2.05) is 18.3 Å². The number of rotatable bonds is 1. The van der Waals surface area contributed by atoms with Crippen molar-refractivity contribution in [3.05, 3.63) is 36.0 Å². The summed E-state index contributed by atoms with van der Waals surface area (Å²) in [7, 11) is 0. The molecule has 0 spiro atoms. The second-order valence-corrected chi connectivity index (χ2v) is 3.17. The van der Waals surface area contributed by atoms with Gasteiger partial charge in [-0.3, -0.25) is 0 Å². The number of carboxylic acid groups (broad SMARTS) is 2. The standard InChI is InChI=1S/C9H10N2.C2H2O4/c10-6-8-3-1-2-7-4-5-11-9(7)8;3-1(4)2(5)6/h1-5,11H,6,10H2;(H,3,4)(H,5,6). The molecule has 90 valence electrons. The predicted octanol–water partition coefficient (Wildman–Crippen LogP) is 0.782. The zero-order valence-electron chi connectivity index (χ0n) is 8.88. The Bertz CT molecular complexity index is 521. The third-order valence-electron chi connectivity index (χ3n) is 2.08. The van der Waals surface area contributed by atoms with Gasteiger partial charge in [0.1, 0.15) is 0 Å². The lowest BCUT2D eigenvalue weighted by Crippen LogP contribution is -2.09. The number of carbonyl (C=O) groups is 2. The quantitative estimate of drug-likeness (QED) is 0.546. The van der Waals surface area contributed by atoms with Gasteiger partial charge in [0.2, 0.25) is 0 Å². The molecule has 0 unspecified atom stereocenters. The number of aromatic amines is 1. The van der Waals surface area contributed by atoms with Crippen molar-refractivity contribution in [3.8, 4) is 0 Å². The Morgan fingerprint density at radius 2 is 1.82 bits per heavy atom. The minimum atomic E-state index is -1.82. The number of hydrogen-bond acceptors (Lipinski definition) is 3. The molecule has 0 aliphatic carbocycles. The first kappa shape index (κ1) is 12.7. The second-order valence-electron chi connectivity index (χ2n) is 3.17. The molecule has 6 nitrogen and oxygen atoms in total. The largest absolute Gasteiger partial charge is 0.473 e. The zero-order valence-corrected chi connectivity index (χ0v) is 8.88. The van der Waals surface area contributed by atoms with Gasteiger partial charge >= 0.3 is 11.9 Å². The molecule has 0 amide bonds. The Morgan fingerprint density at radius 1 is 1.18 bits per heavy atom. The fourth-order valence-electron chi connectivity index (χ4n) is 1.32. The highest BCUT2D eigenvalue weighted by Crippen LogP contribution is 2.15. The van der Waals surface area contributed by atoms with Crippen molar-refractivity contribution in [1.82, 2.24) is 4.98 Å². The van der Waals surface area contributed by atoms with Crippen LogP contribution in [0.4, 0.5) is 0 Å². The first-order valence-electron chi connectivity index (χ1n) is 4.77. The van der Waals surface area contributed by atoms with Crippen molar-refractivity contribution in [1.29, 1.82) is 0 Å². The third kappa shape index (κ3) is 3.32. The Balaban J connectivity index is 0.000000209. The van der Waals surface area contributed by atoms with Gasteiger partial charge in [-0.25, -0.2) is 9.59 Å². The van der Waals surface area contributed by atoms with Crippen LogP contribution < -0.4 is 5.73 Å². The molecule has 1 aromatic carbocycles. The summed E-state index contributed by atoms with van der Waals surface area (Å²) in [6.45, 7) is 0.595. The SMILES string of the molecule is NCc1cccc2cc[nH]c12.O=C(O)C(=O)O. The first-order valence-corrected chi connectivity index (χ1v) is 4.77. The van der Waals surface area contributed by atoms with Gasteiger partial charge in [-0.05, 0) is 17.0 Å². The van der Waals surface area contributed by atoms with Crippen molar-refractivity contribution in [2.75, 3.05) is 0 Å². The van der Waals surface area contributed by atoms with E-state index in [4.69, 9.17) is 25.5 Å². The summed E-state index contributed by atoms with van der Waals surface area (Å²) in [5.41, 5.74) is 7.89. The number of hydrogen-bond donors (Lipinski definition) is 4. The predicted molar refractivity (Wildman–Crippen MR) is 61.5 cm³/mol. The molecule has 2 aromatic rings. The van der Waals surface area contributed by atoms with Gasteiger partial charge in [-0.1, -0.05) is 18.2 Å². The molecule has 0 bridgehead atoms. The summed E-state index contributed by atoms with van der Waals surface area (Å²) in [4.78, 5) is 21.4. The molecule has 0 atom stereocenters. The van der Waals surface area contributed by atoms with Crippen LogP contribution in [0, 0.1) is 0 Å². The van der Waals surface area contributed by atoms with Crippen LogP contribution in [0.2, 0.25) is 0 Å². The highest BCUT2D eigenvalue weighted by atomic mass is 16.4. The normalized spacial score (nSPS) is 9.47. The van der Waals surface area contributed by atoms with Crippen LogP contribution >= 0.6 is 0 Å². The van der Waals surface area contributed by atoms with Gasteiger partial charge in [-0.15, -0.1) is 0 Å². The topological polar surface area (TPSA) is 116 Å². The fraction of sp³-hybridized carbons (Fsp3) is 0.0909. The van der Waals surface area contributed by atoms with Crippen molar-refractivity contribution in [3.63, 3.8) is 0 Å². The fourth-order valence-corrected chi connectivity index (χ4v) is 1.32. The van der Waals surface area contributed by atoms with E-state index in [2.05, 4.69) is 17.1 Å². The number of fused-ring (bicyclic) bond motifs is 1. The molecule has 0 saturated heterocycles. The highest BCUT2D eigenvalue weighted by molar-refractivity contribution is 6.27. The minimum absolute atomic E-state index is 0.595. The molecular weight excluding hydrogens is 224 g/mol. The lowest BCUT2D eigenvalue weighted by Gasteiger charge is -1.97. The molecule has 0 aliphatic rings. The Labute approximate surface area is 96.7 Å². The molecule has 0 saturated carbocycles. The average molecular weight is 236 g/mol. The zero-order chi connectivity index (χ0) is 12.8. The van der Waals surface area contributed by atoms with E-state index in [-0.39, 0.29) is 0 Å². The van der Waals surface area contributed by atoms with E-state index < -0.39 is 11.9 Å². The van der Waals surface area contributed by atoms with Crippen LogP contribution in [0.1, 0.15) is 5.56 Å². The number of nitrogens with one attached hydrogen (secondary N) is 1. The Kier molecular flexibility index (Phi) is 4.24. The van der Waals surface area contributed by atoms with Crippen LogP contribution in [0.5, 0.6) is 0 Å². The van der Waals surface area contributed by atoms with Gasteiger partial charge < -0.3 is 20.9 Å². The lowest BCUT2D eigenvalue weighted by atomic mass is 10.1. The second kappa shape index (κ2) is 5.66. The first-order chi connectivity index (χ1) is 8.06. The van der Waals surface area contributed by atoms with Crippen LogP contribution in [-0.2, 0) is 16.1 Å². The van der Waals surface area contributed by atoms with Gasteiger partial charge in [0.15, 0.2) is 0 Å². The molecule has 1 heterocycles. The maximum Gasteiger partial charge on any atom is 0.414 e. The number of carboxylic acids is 2. The third-order valence-corrected chi connectivity index (χ3v) is 2.08. The maximum atomic E-state index is 9.10. The van der Waals surface area contributed by atoms with Gasteiger partial charge in [0.25, 0.3) is 0 Å². The van der Waals surface area contributed by atoms with Crippen molar-refractivity contribution in [2.45, 2.75) is 6.54 Å². The monoisotopic (exact) mass is 236 g/mol. The molecular formula is C11H12N2O4. The number of aliphatic carboxylic acids is 2. The lowest BCUT2D eigenvalue weighted by molar-refractivity contribution is -0.159. The molecule has 2 rings (SSSR count). The van der Waals surface area contributed by atoms with Gasteiger partial charge in [-0.2, -0.15) is 0 Å². The average Bonchev–Trinajstić information content (AvgIpc) is 2.77. The number of para-hydroxylation sites is 1. The Hall–Kier alpha value is -2.34. The summed E-state index contributed by atoms with van der Waals surface area (Å²) >= 11 is 0. The van der Waals surface area contributed by atoms with Gasteiger partial charge in [0, 0.05) is 18.3 Å². The van der Waals surface area contributed by atoms with E-state index in [0.717, 1.165) is 5.52 Å². The molecule has 1 aromatic heterocycles. The molecule has 5 N–H and O–H groups in total. The van der Waals surface area contributed by atoms with Gasteiger partial charge in [0.05, 0.1) is 0 Å². The van der Waals surface area contributed by atoms with E-state index >= 15 is 0 Å². The van der Waals surface area contributed by atoms with E-state index in [1.165, 1.54) is 10.9 Å². The molecule has 0 radical (unpaired) electrons. The number of H-pyrrole nitrogens is 1. The number of aromatic nitrogens is 1. The Morgan fingerprint density at radius 3 is 2.35 bits per heavy atom.